The van der Waals surface area contributed by atoms with Gasteiger partial charge in [0.05, 0.1) is 11.0 Å². The Morgan fingerprint density at radius 2 is 1.60 bits per heavy atom. The van der Waals surface area contributed by atoms with Crippen LogP contribution in [-0.2, 0) is 26.5 Å². The first kappa shape index (κ1) is 18.8. The smallest absolute Gasteiger partial charge is 0.215 e. The highest BCUT2D eigenvalue weighted by Gasteiger charge is 2.41. The lowest BCUT2D eigenvalue weighted by Gasteiger charge is -2.31. The van der Waals surface area contributed by atoms with Crippen molar-refractivity contribution in [3.8, 4) is 0 Å². The molecular formula is C17H26N2O4S2. The molecule has 0 aromatic heterocycles. The summed E-state index contributed by atoms with van der Waals surface area (Å²) in [5.41, 5.74) is 1.01. The van der Waals surface area contributed by atoms with Crippen LogP contribution in [0.3, 0.4) is 0 Å². The van der Waals surface area contributed by atoms with Crippen LogP contribution < -0.4 is 4.72 Å². The van der Waals surface area contributed by atoms with Crippen LogP contribution in [0.1, 0.15) is 31.2 Å². The lowest BCUT2D eigenvalue weighted by Crippen LogP contribution is -2.43. The molecule has 0 radical (unpaired) electrons. The van der Waals surface area contributed by atoms with Gasteiger partial charge in [0, 0.05) is 19.6 Å². The third kappa shape index (κ3) is 5.26. The van der Waals surface area contributed by atoms with Gasteiger partial charge in [0.2, 0.25) is 20.0 Å². The Balaban J connectivity index is 1.41. The quantitative estimate of drug-likeness (QED) is 0.731. The van der Waals surface area contributed by atoms with Crippen LogP contribution in [0.25, 0.3) is 0 Å². The minimum Gasteiger partial charge on any atom is -0.215 e. The van der Waals surface area contributed by atoms with Crippen molar-refractivity contribution in [3.05, 3.63) is 35.9 Å². The second-order valence-electron chi connectivity index (χ2n) is 6.99. The fourth-order valence-electron chi connectivity index (χ4n) is 3.16. The Morgan fingerprint density at radius 1 is 0.960 bits per heavy atom. The van der Waals surface area contributed by atoms with E-state index >= 15 is 0 Å². The summed E-state index contributed by atoms with van der Waals surface area (Å²) >= 11 is 0. The molecule has 0 unspecified atom stereocenters. The molecule has 1 heterocycles. The maximum atomic E-state index is 12.2. The Morgan fingerprint density at radius 3 is 2.20 bits per heavy atom. The molecule has 3 rings (SSSR count). The fourth-order valence-corrected chi connectivity index (χ4v) is 6.17. The second kappa shape index (κ2) is 7.73. The Hall–Kier alpha value is -0.960. The van der Waals surface area contributed by atoms with E-state index in [1.807, 2.05) is 30.3 Å². The molecular weight excluding hydrogens is 360 g/mol. The molecule has 25 heavy (non-hydrogen) atoms. The van der Waals surface area contributed by atoms with Crippen molar-refractivity contribution < 1.29 is 16.8 Å². The summed E-state index contributed by atoms with van der Waals surface area (Å²) in [5, 5.41) is -0.166. The molecule has 0 atom stereocenters. The number of sulfonamides is 2. The summed E-state index contributed by atoms with van der Waals surface area (Å²) in [4.78, 5) is 0. The van der Waals surface area contributed by atoms with Crippen molar-refractivity contribution in [2.24, 2.45) is 5.92 Å². The molecule has 1 aromatic carbocycles. The zero-order valence-corrected chi connectivity index (χ0v) is 15.9. The molecule has 140 valence electrons. The number of aryl methyl sites for hydroxylation is 1. The number of hydrogen-bond donors (Lipinski definition) is 1. The number of benzene rings is 1. The third-order valence-electron chi connectivity index (χ3n) is 4.97. The summed E-state index contributed by atoms with van der Waals surface area (Å²) in [6.07, 6.45) is 3.49. The van der Waals surface area contributed by atoms with Gasteiger partial charge in [-0.1, -0.05) is 30.3 Å². The van der Waals surface area contributed by atoms with Crippen LogP contribution in [0, 0.1) is 5.92 Å². The Labute approximate surface area is 150 Å². The highest BCUT2D eigenvalue weighted by molar-refractivity contribution is 7.90. The van der Waals surface area contributed by atoms with E-state index in [0.29, 0.717) is 38.9 Å². The van der Waals surface area contributed by atoms with Gasteiger partial charge < -0.3 is 0 Å². The van der Waals surface area contributed by atoms with Gasteiger partial charge in [-0.15, -0.1) is 0 Å². The zero-order valence-electron chi connectivity index (χ0n) is 14.3. The van der Waals surface area contributed by atoms with E-state index in [9.17, 15) is 16.8 Å². The summed E-state index contributed by atoms with van der Waals surface area (Å²) in [7, 11) is -6.41. The van der Waals surface area contributed by atoms with E-state index in [2.05, 4.69) is 4.72 Å². The molecule has 1 N–H and O–H groups in total. The molecule has 1 aliphatic heterocycles. The second-order valence-corrected chi connectivity index (χ2v) is 11.1. The predicted octanol–water partition coefficient (Wildman–Crippen LogP) is 1.35. The van der Waals surface area contributed by atoms with Gasteiger partial charge in [-0.25, -0.2) is 25.9 Å². The number of nitrogens with one attached hydrogen (secondary N) is 1. The molecule has 1 aromatic rings. The van der Waals surface area contributed by atoms with Gasteiger partial charge in [0.25, 0.3) is 0 Å². The van der Waals surface area contributed by atoms with Crippen molar-refractivity contribution in [1.29, 1.82) is 0 Å². The molecule has 0 spiro atoms. The van der Waals surface area contributed by atoms with Gasteiger partial charge in [-0.05, 0) is 43.6 Å². The Bertz CT molecular complexity index is 766. The number of hydrogen-bond acceptors (Lipinski definition) is 4. The Kier molecular flexibility index (Phi) is 5.82. The largest absolute Gasteiger partial charge is 0.216 e. The van der Waals surface area contributed by atoms with Crippen molar-refractivity contribution in [2.75, 3.05) is 25.4 Å². The average Bonchev–Trinajstić information content (AvgIpc) is 3.45. The van der Waals surface area contributed by atoms with Crippen molar-refractivity contribution in [3.63, 3.8) is 0 Å². The molecule has 1 saturated carbocycles. The summed E-state index contributed by atoms with van der Waals surface area (Å²) in [6.45, 7) is 1.42. The fraction of sp³-hybridized carbons (Fsp3) is 0.647. The van der Waals surface area contributed by atoms with Crippen LogP contribution in [0.4, 0.5) is 0 Å². The minimum atomic E-state index is -3.31. The van der Waals surface area contributed by atoms with Gasteiger partial charge >= 0.3 is 0 Å². The lowest BCUT2D eigenvalue weighted by atomic mass is 9.99. The number of piperidine rings is 1. The van der Waals surface area contributed by atoms with Crippen LogP contribution in [0.15, 0.2) is 30.3 Å². The molecule has 6 nitrogen and oxygen atoms in total. The molecule has 0 bridgehead atoms. The molecule has 2 fully saturated rings. The van der Waals surface area contributed by atoms with Crippen molar-refractivity contribution in [2.45, 2.75) is 37.4 Å². The highest BCUT2D eigenvalue weighted by atomic mass is 32.2. The summed E-state index contributed by atoms with van der Waals surface area (Å²) in [5.74, 6) is 0.281. The van der Waals surface area contributed by atoms with Gasteiger partial charge in [-0.2, -0.15) is 0 Å². The van der Waals surface area contributed by atoms with Gasteiger partial charge in [0.15, 0.2) is 0 Å². The summed E-state index contributed by atoms with van der Waals surface area (Å²) in [6, 6.07) is 9.56. The van der Waals surface area contributed by atoms with E-state index in [1.165, 1.54) is 0 Å². The maximum absolute atomic E-state index is 12.2. The first-order valence-corrected chi connectivity index (χ1v) is 12.0. The monoisotopic (exact) mass is 386 g/mol. The first-order valence-electron chi connectivity index (χ1n) is 8.87. The van der Waals surface area contributed by atoms with Gasteiger partial charge in [0.1, 0.15) is 0 Å². The third-order valence-corrected chi connectivity index (χ3v) is 8.72. The molecule has 2 aliphatic rings. The van der Waals surface area contributed by atoms with E-state index < -0.39 is 20.0 Å². The van der Waals surface area contributed by atoms with E-state index in [-0.39, 0.29) is 16.9 Å². The standard InChI is InChI=1S/C17H26N2O4S2/c20-24(21,13-10-15-4-2-1-3-5-15)18-14-16-8-11-19(12-9-16)25(22,23)17-6-7-17/h1-5,16-18H,6-14H2. The SMILES string of the molecule is O=S(=O)(CCc1ccccc1)NCC1CCN(S(=O)(=O)C2CC2)CC1. The van der Waals surface area contributed by atoms with E-state index in [0.717, 1.165) is 18.4 Å². The van der Waals surface area contributed by atoms with Gasteiger partial charge in [-0.3, -0.25) is 0 Å². The van der Waals surface area contributed by atoms with Crippen molar-refractivity contribution in [1.82, 2.24) is 9.03 Å². The maximum Gasteiger partial charge on any atom is 0.216 e. The van der Waals surface area contributed by atoms with Crippen LogP contribution >= 0.6 is 0 Å². The zero-order chi connectivity index (χ0) is 17.9. The van der Waals surface area contributed by atoms with Crippen LogP contribution in [0.5, 0.6) is 0 Å². The number of nitrogens with zero attached hydrogens (tertiary/aromatic N) is 1. The van der Waals surface area contributed by atoms with Crippen LogP contribution in [-0.4, -0.2) is 51.8 Å². The average molecular weight is 387 g/mol. The normalized spacial score (nSPS) is 20.6. The topological polar surface area (TPSA) is 83.6 Å². The van der Waals surface area contributed by atoms with E-state index in [4.69, 9.17) is 0 Å². The predicted molar refractivity (Wildman–Crippen MR) is 98.2 cm³/mol. The molecule has 8 heteroatoms. The first-order chi connectivity index (χ1) is 11.9. The molecule has 1 saturated heterocycles. The van der Waals surface area contributed by atoms with Crippen LogP contribution in [0.2, 0.25) is 0 Å². The molecule has 0 amide bonds. The molecule has 1 aliphatic carbocycles. The number of rotatable bonds is 8. The van der Waals surface area contributed by atoms with Crippen molar-refractivity contribution >= 4 is 20.0 Å². The van der Waals surface area contributed by atoms with E-state index in [1.54, 1.807) is 4.31 Å². The highest BCUT2D eigenvalue weighted by Crippen LogP contribution is 2.33. The minimum absolute atomic E-state index is 0.0753. The lowest BCUT2D eigenvalue weighted by molar-refractivity contribution is 0.274. The summed E-state index contributed by atoms with van der Waals surface area (Å²) < 4.78 is 53.0.